The molecular formula is C20H19NO3. The van der Waals surface area contributed by atoms with Crippen LogP contribution in [0.4, 0.5) is 0 Å². The highest BCUT2D eigenvalue weighted by Crippen LogP contribution is 2.22. The van der Waals surface area contributed by atoms with Crippen LogP contribution in [0.25, 0.3) is 6.08 Å². The van der Waals surface area contributed by atoms with Gasteiger partial charge in [-0.05, 0) is 17.2 Å². The quantitative estimate of drug-likeness (QED) is 0.792. The van der Waals surface area contributed by atoms with E-state index in [1.807, 2.05) is 72.8 Å². The Labute approximate surface area is 141 Å². The highest BCUT2D eigenvalue weighted by atomic mass is 16.5. The van der Waals surface area contributed by atoms with E-state index in [2.05, 4.69) is 4.99 Å². The molecule has 0 amide bonds. The van der Waals surface area contributed by atoms with Crippen molar-refractivity contribution in [3.05, 3.63) is 77.9 Å². The third-order valence-electron chi connectivity index (χ3n) is 3.78. The largest absolute Gasteiger partial charge is 0.469 e. The molecule has 24 heavy (non-hydrogen) atoms. The summed E-state index contributed by atoms with van der Waals surface area (Å²) >= 11 is 0. The first-order valence-electron chi connectivity index (χ1n) is 7.85. The number of aliphatic imine (C=N–C) groups is 1. The molecular weight excluding hydrogens is 302 g/mol. The summed E-state index contributed by atoms with van der Waals surface area (Å²) in [5.41, 5.74) is 2.82. The number of carbonyl (C=O) groups is 1. The van der Waals surface area contributed by atoms with E-state index in [1.165, 1.54) is 7.11 Å². The van der Waals surface area contributed by atoms with Gasteiger partial charge in [-0.2, -0.15) is 0 Å². The summed E-state index contributed by atoms with van der Waals surface area (Å²) in [6.07, 6.45) is 3.22. The van der Waals surface area contributed by atoms with Crippen LogP contribution < -0.4 is 0 Å². The molecule has 1 heterocycles. The van der Waals surface area contributed by atoms with E-state index in [9.17, 15) is 4.79 Å². The van der Waals surface area contributed by atoms with Crippen LogP contribution in [0, 0.1) is 0 Å². The van der Waals surface area contributed by atoms with Gasteiger partial charge >= 0.3 is 5.97 Å². The number of methoxy groups -OCH3 is 1. The Bertz CT molecular complexity index is 738. The summed E-state index contributed by atoms with van der Waals surface area (Å²) < 4.78 is 10.7. The number of benzene rings is 2. The van der Waals surface area contributed by atoms with Crippen molar-refractivity contribution in [2.75, 3.05) is 7.11 Å². The zero-order valence-corrected chi connectivity index (χ0v) is 13.5. The van der Waals surface area contributed by atoms with E-state index in [-0.39, 0.29) is 12.4 Å². The van der Waals surface area contributed by atoms with Crippen LogP contribution in [0.15, 0.2) is 71.7 Å². The van der Waals surface area contributed by atoms with E-state index < -0.39 is 12.3 Å². The van der Waals surface area contributed by atoms with Gasteiger partial charge in [-0.25, -0.2) is 0 Å². The first-order chi connectivity index (χ1) is 11.8. The maximum atomic E-state index is 11.7. The molecule has 2 atom stereocenters. The second-order valence-electron chi connectivity index (χ2n) is 5.45. The molecule has 0 saturated heterocycles. The molecule has 0 radical (unpaired) electrons. The minimum absolute atomic E-state index is 0.153. The smallest absolute Gasteiger partial charge is 0.308 e. The van der Waals surface area contributed by atoms with Gasteiger partial charge < -0.3 is 9.47 Å². The van der Waals surface area contributed by atoms with Crippen LogP contribution in [0.1, 0.15) is 17.5 Å². The average molecular weight is 321 g/mol. The highest BCUT2D eigenvalue weighted by molar-refractivity contribution is 6.06. The SMILES string of the molecule is COC(=O)C[C@@H]1O[C@H](/C=C/c2ccccc2)N=C1c1ccccc1. The van der Waals surface area contributed by atoms with Gasteiger partial charge in [0, 0.05) is 0 Å². The van der Waals surface area contributed by atoms with Crippen molar-refractivity contribution in [1.29, 1.82) is 0 Å². The van der Waals surface area contributed by atoms with Crippen molar-refractivity contribution >= 4 is 17.8 Å². The summed E-state index contributed by atoms with van der Waals surface area (Å²) in [5.74, 6) is -0.309. The summed E-state index contributed by atoms with van der Waals surface area (Å²) in [7, 11) is 1.38. The molecule has 1 aliphatic rings. The molecule has 0 N–H and O–H groups in total. The Hall–Kier alpha value is -2.72. The molecule has 2 aromatic carbocycles. The zero-order valence-electron chi connectivity index (χ0n) is 13.5. The second-order valence-corrected chi connectivity index (χ2v) is 5.45. The Balaban J connectivity index is 1.81. The molecule has 0 spiro atoms. The van der Waals surface area contributed by atoms with Crippen molar-refractivity contribution in [2.45, 2.75) is 18.8 Å². The van der Waals surface area contributed by atoms with Crippen LogP contribution >= 0.6 is 0 Å². The predicted octanol–water partition coefficient (Wildman–Crippen LogP) is 3.48. The predicted molar refractivity (Wildman–Crippen MR) is 93.7 cm³/mol. The van der Waals surface area contributed by atoms with Crippen LogP contribution in [0.2, 0.25) is 0 Å². The van der Waals surface area contributed by atoms with Crippen molar-refractivity contribution < 1.29 is 14.3 Å². The van der Waals surface area contributed by atoms with Gasteiger partial charge in [-0.15, -0.1) is 0 Å². The Kier molecular flexibility index (Phi) is 5.18. The van der Waals surface area contributed by atoms with Crippen molar-refractivity contribution in [1.82, 2.24) is 0 Å². The lowest BCUT2D eigenvalue weighted by atomic mass is 10.0. The molecule has 0 bridgehead atoms. The van der Waals surface area contributed by atoms with Crippen molar-refractivity contribution in [3.63, 3.8) is 0 Å². The van der Waals surface area contributed by atoms with Gasteiger partial charge in [0.05, 0.1) is 19.2 Å². The molecule has 0 fully saturated rings. The van der Waals surface area contributed by atoms with E-state index in [0.29, 0.717) is 0 Å². The molecule has 0 unspecified atom stereocenters. The maximum absolute atomic E-state index is 11.7. The van der Waals surface area contributed by atoms with Crippen molar-refractivity contribution in [2.24, 2.45) is 4.99 Å². The first kappa shape index (κ1) is 16.1. The first-order valence-corrected chi connectivity index (χ1v) is 7.85. The summed E-state index contributed by atoms with van der Waals surface area (Å²) in [6, 6.07) is 19.7. The fraction of sp³-hybridized carbons (Fsp3) is 0.200. The minimum Gasteiger partial charge on any atom is -0.469 e. The lowest BCUT2D eigenvalue weighted by Gasteiger charge is -2.12. The average Bonchev–Trinajstić information content (AvgIpc) is 3.04. The molecule has 0 aromatic heterocycles. The number of ether oxygens (including phenoxy) is 2. The van der Waals surface area contributed by atoms with E-state index in [4.69, 9.17) is 9.47 Å². The number of hydrogen-bond acceptors (Lipinski definition) is 4. The minimum atomic E-state index is -0.407. The second kappa shape index (κ2) is 7.70. The topological polar surface area (TPSA) is 47.9 Å². The zero-order chi connectivity index (χ0) is 16.8. The molecule has 3 rings (SSSR count). The lowest BCUT2D eigenvalue weighted by Crippen LogP contribution is -2.24. The van der Waals surface area contributed by atoms with Crippen molar-refractivity contribution in [3.8, 4) is 0 Å². The van der Waals surface area contributed by atoms with E-state index >= 15 is 0 Å². The summed E-state index contributed by atoms with van der Waals surface area (Å²) in [5, 5.41) is 0. The van der Waals surface area contributed by atoms with E-state index in [0.717, 1.165) is 16.8 Å². The summed E-state index contributed by atoms with van der Waals surface area (Å²) in [6.45, 7) is 0. The van der Waals surface area contributed by atoms with Gasteiger partial charge in [0.1, 0.15) is 6.10 Å². The summed E-state index contributed by atoms with van der Waals surface area (Å²) in [4.78, 5) is 16.3. The Morgan fingerprint density at radius 2 is 1.79 bits per heavy atom. The Morgan fingerprint density at radius 1 is 1.12 bits per heavy atom. The monoisotopic (exact) mass is 321 g/mol. The third kappa shape index (κ3) is 3.97. The fourth-order valence-corrected chi connectivity index (χ4v) is 2.58. The van der Waals surface area contributed by atoms with Gasteiger partial charge in [0.2, 0.25) is 0 Å². The third-order valence-corrected chi connectivity index (χ3v) is 3.78. The molecule has 1 aliphatic heterocycles. The van der Waals surface area contributed by atoms with Crippen LogP contribution in [0.3, 0.4) is 0 Å². The van der Waals surface area contributed by atoms with Gasteiger partial charge in [-0.3, -0.25) is 9.79 Å². The van der Waals surface area contributed by atoms with E-state index in [1.54, 1.807) is 0 Å². The van der Waals surface area contributed by atoms with Gasteiger partial charge in [0.25, 0.3) is 0 Å². The van der Waals surface area contributed by atoms with Crippen LogP contribution in [0.5, 0.6) is 0 Å². The highest BCUT2D eigenvalue weighted by Gasteiger charge is 2.30. The molecule has 122 valence electrons. The number of hydrogen-bond donors (Lipinski definition) is 0. The standard InChI is InChI=1S/C20H19NO3/c1-23-19(22)14-17-20(16-10-6-3-7-11-16)21-18(24-17)13-12-15-8-4-2-5-9-15/h2-13,17-18H,14H2,1H3/b13-12+/t17-,18+/m0/s1. The maximum Gasteiger partial charge on any atom is 0.308 e. The molecule has 4 nitrogen and oxygen atoms in total. The number of nitrogens with zero attached hydrogens (tertiary/aromatic N) is 1. The van der Waals surface area contributed by atoms with Gasteiger partial charge in [-0.1, -0.05) is 66.7 Å². The number of carbonyl (C=O) groups excluding carboxylic acids is 1. The number of rotatable bonds is 5. The molecule has 0 aliphatic carbocycles. The fourth-order valence-electron chi connectivity index (χ4n) is 2.58. The van der Waals surface area contributed by atoms with Crippen LogP contribution in [-0.4, -0.2) is 31.1 Å². The normalized spacial score (nSPS) is 20.1. The lowest BCUT2D eigenvalue weighted by molar-refractivity contribution is -0.142. The molecule has 4 heteroatoms. The molecule has 2 aromatic rings. The molecule has 0 saturated carbocycles. The Morgan fingerprint density at radius 3 is 2.46 bits per heavy atom. The van der Waals surface area contributed by atoms with Crippen LogP contribution in [-0.2, 0) is 14.3 Å². The van der Waals surface area contributed by atoms with Gasteiger partial charge in [0.15, 0.2) is 6.23 Å². The number of esters is 1.